The molecule has 108 valence electrons. The van der Waals surface area contributed by atoms with E-state index < -0.39 is 0 Å². The summed E-state index contributed by atoms with van der Waals surface area (Å²) < 4.78 is 5.48. The van der Waals surface area contributed by atoms with E-state index in [1.54, 1.807) is 0 Å². The molecule has 0 aliphatic carbocycles. The highest BCUT2D eigenvalue weighted by Gasteiger charge is 2.35. The van der Waals surface area contributed by atoms with Gasteiger partial charge in [-0.1, -0.05) is 13.8 Å². The fraction of sp³-hybridized carbons (Fsp3) is 0.923. The van der Waals surface area contributed by atoms with Gasteiger partial charge in [-0.25, -0.2) is 0 Å². The molecule has 0 saturated carbocycles. The van der Waals surface area contributed by atoms with Crippen molar-refractivity contribution in [3.63, 3.8) is 0 Å². The Hall–Kier alpha value is -0.320. The molecule has 2 unspecified atom stereocenters. The van der Waals surface area contributed by atoms with E-state index in [0.717, 1.165) is 32.3 Å². The number of ether oxygens (including phenoxy) is 1. The minimum atomic E-state index is -0.387. The normalized spacial score (nSPS) is 24.2. The summed E-state index contributed by atoms with van der Waals surface area (Å²) in [5.41, 5.74) is 5.39. The van der Waals surface area contributed by atoms with Gasteiger partial charge in [0, 0.05) is 19.2 Å². The predicted molar refractivity (Wildman–Crippen MR) is 75.9 cm³/mol. The lowest BCUT2D eigenvalue weighted by atomic mass is 9.81. The number of nitrogens with one attached hydrogen (secondary N) is 1. The molecule has 0 bridgehead atoms. The summed E-state index contributed by atoms with van der Waals surface area (Å²) in [5, 5.41) is 3.14. The highest BCUT2D eigenvalue weighted by molar-refractivity contribution is 5.85. The van der Waals surface area contributed by atoms with Gasteiger partial charge >= 0.3 is 0 Å². The zero-order valence-corrected chi connectivity index (χ0v) is 12.5. The second-order valence-corrected chi connectivity index (χ2v) is 5.07. The lowest BCUT2D eigenvalue weighted by Crippen LogP contribution is -2.50. The molecule has 5 heteroatoms. The molecule has 1 aliphatic heterocycles. The van der Waals surface area contributed by atoms with Crippen LogP contribution >= 0.6 is 12.4 Å². The SMILES string of the molecule is CCC(CC)(CN)C(=O)NC1CCOC(C)C1.Cl. The number of carbonyl (C=O) groups is 1. The Bertz CT molecular complexity index is 249. The van der Waals surface area contributed by atoms with Crippen molar-refractivity contribution in [3.8, 4) is 0 Å². The minimum absolute atomic E-state index is 0. The Balaban J connectivity index is 0.00000289. The lowest BCUT2D eigenvalue weighted by Gasteiger charge is -2.34. The van der Waals surface area contributed by atoms with E-state index in [9.17, 15) is 4.79 Å². The van der Waals surface area contributed by atoms with Crippen LogP contribution in [0.25, 0.3) is 0 Å². The predicted octanol–water partition coefficient (Wildman–Crippen LogP) is 1.86. The van der Waals surface area contributed by atoms with Crippen molar-refractivity contribution >= 4 is 18.3 Å². The molecule has 0 aromatic carbocycles. The number of rotatable bonds is 5. The van der Waals surface area contributed by atoms with Crippen LogP contribution in [0.1, 0.15) is 46.5 Å². The molecule has 2 atom stereocenters. The van der Waals surface area contributed by atoms with E-state index in [1.807, 2.05) is 20.8 Å². The van der Waals surface area contributed by atoms with Crippen molar-refractivity contribution in [1.82, 2.24) is 5.32 Å². The Kier molecular flexibility index (Phi) is 7.83. The van der Waals surface area contributed by atoms with Crippen LogP contribution in [0, 0.1) is 5.41 Å². The largest absolute Gasteiger partial charge is 0.378 e. The monoisotopic (exact) mass is 278 g/mol. The Morgan fingerprint density at radius 2 is 2.06 bits per heavy atom. The summed E-state index contributed by atoms with van der Waals surface area (Å²) in [4.78, 5) is 12.3. The molecule has 3 N–H and O–H groups in total. The third-order valence-corrected chi connectivity index (χ3v) is 4.05. The van der Waals surface area contributed by atoms with Crippen LogP contribution < -0.4 is 11.1 Å². The number of hydrogen-bond donors (Lipinski definition) is 2. The molecule has 4 nitrogen and oxygen atoms in total. The maximum absolute atomic E-state index is 12.3. The molecule has 0 aromatic rings. The van der Waals surface area contributed by atoms with Crippen molar-refractivity contribution in [1.29, 1.82) is 0 Å². The van der Waals surface area contributed by atoms with Crippen molar-refractivity contribution in [3.05, 3.63) is 0 Å². The third-order valence-electron chi connectivity index (χ3n) is 4.05. The molecular weight excluding hydrogens is 252 g/mol. The summed E-state index contributed by atoms with van der Waals surface area (Å²) in [5.74, 6) is 0.115. The second-order valence-electron chi connectivity index (χ2n) is 5.07. The van der Waals surface area contributed by atoms with Gasteiger partial charge in [-0.15, -0.1) is 12.4 Å². The smallest absolute Gasteiger partial charge is 0.227 e. The minimum Gasteiger partial charge on any atom is -0.378 e. The van der Waals surface area contributed by atoms with Crippen molar-refractivity contribution in [2.75, 3.05) is 13.2 Å². The number of nitrogens with two attached hydrogens (primary N) is 1. The maximum Gasteiger partial charge on any atom is 0.227 e. The molecule has 18 heavy (non-hydrogen) atoms. The van der Waals surface area contributed by atoms with Gasteiger partial charge in [0.2, 0.25) is 5.91 Å². The molecule has 0 aromatic heterocycles. The molecule has 0 radical (unpaired) electrons. The molecule has 1 fully saturated rings. The van der Waals surface area contributed by atoms with Crippen LogP contribution in [0.3, 0.4) is 0 Å². The van der Waals surface area contributed by atoms with Gasteiger partial charge < -0.3 is 15.8 Å². The van der Waals surface area contributed by atoms with Gasteiger partial charge in [0.1, 0.15) is 0 Å². The Morgan fingerprint density at radius 3 is 2.50 bits per heavy atom. The highest BCUT2D eigenvalue weighted by Crippen LogP contribution is 2.26. The molecule has 1 aliphatic rings. The zero-order valence-electron chi connectivity index (χ0n) is 11.7. The summed E-state index contributed by atoms with van der Waals surface area (Å²) in [6.45, 7) is 7.27. The van der Waals surface area contributed by atoms with Gasteiger partial charge in [-0.3, -0.25) is 4.79 Å². The van der Waals surface area contributed by atoms with Gasteiger partial charge in [-0.2, -0.15) is 0 Å². The number of halogens is 1. The quantitative estimate of drug-likeness (QED) is 0.807. The fourth-order valence-electron chi connectivity index (χ4n) is 2.42. The van der Waals surface area contributed by atoms with E-state index in [-0.39, 0.29) is 35.9 Å². The Labute approximate surface area is 116 Å². The van der Waals surface area contributed by atoms with Crippen molar-refractivity contribution in [2.24, 2.45) is 11.1 Å². The topological polar surface area (TPSA) is 64.4 Å². The highest BCUT2D eigenvalue weighted by atomic mass is 35.5. The molecule has 0 spiro atoms. The molecular formula is C13H27ClN2O2. The second kappa shape index (κ2) is 7.97. The van der Waals surface area contributed by atoms with E-state index in [2.05, 4.69) is 5.32 Å². The van der Waals surface area contributed by atoms with Gasteiger partial charge in [0.15, 0.2) is 0 Å². The van der Waals surface area contributed by atoms with Crippen LogP contribution in [0.2, 0.25) is 0 Å². The first-order valence-electron chi connectivity index (χ1n) is 6.70. The molecule has 1 saturated heterocycles. The van der Waals surface area contributed by atoms with Crippen LogP contribution in [0.5, 0.6) is 0 Å². The third kappa shape index (κ3) is 4.11. The van der Waals surface area contributed by atoms with Crippen LogP contribution in [0.4, 0.5) is 0 Å². The van der Waals surface area contributed by atoms with Crippen LogP contribution in [-0.2, 0) is 9.53 Å². The van der Waals surface area contributed by atoms with Crippen LogP contribution in [-0.4, -0.2) is 31.2 Å². The number of hydrogen-bond acceptors (Lipinski definition) is 3. The molecule has 1 rings (SSSR count). The maximum atomic E-state index is 12.3. The van der Waals surface area contributed by atoms with E-state index >= 15 is 0 Å². The van der Waals surface area contributed by atoms with E-state index in [0.29, 0.717) is 6.54 Å². The first-order valence-corrected chi connectivity index (χ1v) is 6.70. The molecule has 1 amide bonds. The number of amides is 1. The van der Waals surface area contributed by atoms with Gasteiger partial charge in [0.25, 0.3) is 0 Å². The van der Waals surface area contributed by atoms with Gasteiger partial charge in [0.05, 0.1) is 11.5 Å². The average Bonchev–Trinajstić information content (AvgIpc) is 2.32. The summed E-state index contributed by atoms with van der Waals surface area (Å²) >= 11 is 0. The lowest BCUT2D eigenvalue weighted by molar-refractivity contribution is -0.132. The Morgan fingerprint density at radius 1 is 1.44 bits per heavy atom. The van der Waals surface area contributed by atoms with E-state index in [4.69, 9.17) is 10.5 Å². The average molecular weight is 279 g/mol. The summed E-state index contributed by atoms with van der Waals surface area (Å²) in [7, 11) is 0. The van der Waals surface area contributed by atoms with E-state index in [1.165, 1.54) is 0 Å². The van der Waals surface area contributed by atoms with Gasteiger partial charge in [-0.05, 0) is 32.6 Å². The number of carbonyl (C=O) groups excluding carboxylic acids is 1. The standard InChI is InChI=1S/C13H26N2O2.ClH/c1-4-13(5-2,9-14)12(16)15-11-6-7-17-10(3)8-11;/h10-11H,4-9,14H2,1-3H3,(H,15,16);1H. The molecule has 1 heterocycles. The first kappa shape index (κ1) is 17.7. The van der Waals surface area contributed by atoms with Crippen LogP contribution in [0.15, 0.2) is 0 Å². The first-order chi connectivity index (χ1) is 8.07. The van der Waals surface area contributed by atoms with Crippen molar-refractivity contribution in [2.45, 2.75) is 58.6 Å². The summed E-state index contributed by atoms with van der Waals surface area (Å²) in [6.07, 6.45) is 3.64. The zero-order chi connectivity index (χ0) is 12.9. The summed E-state index contributed by atoms with van der Waals surface area (Å²) in [6, 6.07) is 0.246. The van der Waals surface area contributed by atoms with Crippen molar-refractivity contribution < 1.29 is 9.53 Å². The fourth-order valence-corrected chi connectivity index (χ4v) is 2.42.